The Labute approximate surface area is 116 Å². The van der Waals surface area contributed by atoms with Crippen LogP contribution in [0.5, 0.6) is 0 Å². The molecule has 0 aromatic carbocycles. The molecular weight excluding hydrogens is 270 g/mol. The van der Waals surface area contributed by atoms with Crippen molar-refractivity contribution in [2.24, 2.45) is 0 Å². The van der Waals surface area contributed by atoms with E-state index < -0.39 is 5.92 Å². The van der Waals surface area contributed by atoms with Gasteiger partial charge in [0.15, 0.2) is 0 Å². The number of hydrogen-bond acceptors (Lipinski definition) is 4. The van der Waals surface area contributed by atoms with E-state index in [-0.39, 0.29) is 5.69 Å². The van der Waals surface area contributed by atoms with E-state index in [1.54, 1.807) is 23.9 Å². The molecule has 0 N–H and O–H groups in total. The van der Waals surface area contributed by atoms with Crippen LogP contribution >= 0.6 is 11.8 Å². The fourth-order valence-electron chi connectivity index (χ4n) is 0.936. The lowest BCUT2D eigenvalue weighted by Crippen LogP contribution is -2.09. The highest BCUT2D eigenvalue weighted by atomic mass is 32.2. The van der Waals surface area contributed by atoms with Crippen LogP contribution < -0.4 is 0 Å². The van der Waals surface area contributed by atoms with Crippen LogP contribution in [-0.2, 0) is 16.5 Å². The lowest BCUT2D eigenvalue weighted by molar-refractivity contribution is 0.0127. The maximum atomic E-state index is 12.7. The number of aromatic nitrogens is 1. The van der Waals surface area contributed by atoms with Crippen LogP contribution in [0.2, 0.25) is 0 Å². The van der Waals surface area contributed by atoms with Crippen LogP contribution in [0.25, 0.3) is 0 Å². The molecule has 0 bridgehead atoms. The predicted molar refractivity (Wildman–Crippen MR) is 73.6 cm³/mol. The summed E-state index contributed by atoms with van der Waals surface area (Å²) in [6.45, 7) is 4.96. The highest BCUT2D eigenvalue weighted by Crippen LogP contribution is 2.24. The molecule has 0 amide bonds. The summed E-state index contributed by atoms with van der Waals surface area (Å²) in [4.78, 5) is 12.3. The van der Waals surface area contributed by atoms with Gasteiger partial charge in [0.2, 0.25) is 0 Å². The van der Waals surface area contributed by atoms with Crippen LogP contribution in [-0.4, -0.2) is 17.2 Å². The van der Waals surface area contributed by atoms with Gasteiger partial charge in [0.1, 0.15) is 11.6 Å². The summed E-state index contributed by atoms with van der Waals surface area (Å²) in [6.07, 6.45) is 3.46. The molecule has 0 radical (unpaired) electrons. The Bertz CT molecular complexity index is 416. The second-order valence-corrected chi connectivity index (χ2v) is 4.11. The summed E-state index contributed by atoms with van der Waals surface area (Å²) < 4.78 is 25.4. The average molecular weight is 286 g/mol. The number of carbonyl (C=O) groups excluding carboxylic acids is 1. The molecule has 1 aromatic heterocycles. The van der Waals surface area contributed by atoms with Gasteiger partial charge in [-0.3, -0.25) is 4.98 Å². The highest BCUT2D eigenvalue weighted by molar-refractivity contribution is 7.97. The molecule has 0 saturated carbocycles. The van der Waals surface area contributed by atoms with Crippen molar-refractivity contribution in [1.29, 1.82) is 5.26 Å². The SMILES string of the molecule is C=C=O.CC#N.CSCc1ccc(C(C)(F)F)nc1. The van der Waals surface area contributed by atoms with Crippen molar-refractivity contribution >= 4 is 17.7 Å². The first-order valence-electron chi connectivity index (χ1n) is 5.14. The normalized spacial score (nSPS) is 8.84. The highest BCUT2D eigenvalue weighted by Gasteiger charge is 2.25. The van der Waals surface area contributed by atoms with E-state index >= 15 is 0 Å². The molecule has 0 saturated heterocycles. The largest absolute Gasteiger partial charge is 0.286 e. The van der Waals surface area contributed by atoms with Crippen LogP contribution in [0.3, 0.4) is 0 Å². The van der Waals surface area contributed by atoms with Crippen molar-refractivity contribution in [3.63, 3.8) is 0 Å². The van der Waals surface area contributed by atoms with E-state index in [2.05, 4.69) is 11.6 Å². The lowest BCUT2D eigenvalue weighted by Gasteiger charge is -2.09. The minimum Gasteiger partial charge on any atom is -0.255 e. The van der Waals surface area contributed by atoms with Gasteiger partial charge in [-0.25, -0.2) is 4.79 Å². The number of pyridine rings is 1. The molecule has 0 atom stereocenters. The van der Waals surface area contributed by atoms with E-state index in [1.807, 2.05) is 6.26 Å². The van der Waals surface area contributed by atoms with Crippen molar-refractivity contribution in [1.82, 2.24) is 4.98 Å². The summed E-state index contributed by atoms with van der Waals surface area (Å²) in [5.74, 6) is -0.777. The minimum absolute atomic E-state index is 0.169. The van der Waals surface area contributed by atoms with Gasteiger partial charge in [-0.05, 0) is 24.5 Å². The number of thioether (sulfide) groups is 1. The van der Waals surface area contributed by atoms with E-state index in [0.717, 1.165) is 18.2 Å². The van der Waals surface area contributed by atoms with E-state index in [1.165, 1.54) is 25.1 Å². The quantitative estimate of drug-likeness (QED) is 0.797. The topological polar surface area (TPSA) is 53.8 Å². The van der Waals surface area contributed by atoms with Crippen LogP contribution in [0.4, 0.5) is 8.78 Å². The first-order valence-corrected chi connectivity index (χ1v) is 6.53. The van der Waals surface area contributed by atoms with Gasteiger partial charge >= 0.3 is 0 Å². The Morgan fingerprint density at radius 3 is 2.26 bits per heavy atom. The molecule has 1 rings (SSSR count). The predicted octanol–water partition coefficient (Wildman–Crippen LogP) is 3.59. The number of nitrogens with zero attached hydrogens (tertiary/aromatic N) is 2. The van der Waals surface area contributed by atoms with Crippen LogP contribution in [0, 0.1) is 11.3 Å². The summed E-state index contributed by atoms with van der Waals surface area (Å²) >= 11 is 1.64. The lowest BCUT2D eigenvalue weighted by atomic mass is 10.2. The molecule has 0 unspecified atom stereocenters. The number of halogens is 2. The monoisotopic (exact) mass is 286 g/mol. The van der Waals surface area contributed by atoms with Crippen molar-refractivity contribution in [2.45, 2.75) is 25.5 Å². The van der Waals surface area contributed by atoms with Gasteiger partial charge in [-0.1, -0.05) is 6.07 Å². The maximum absolute atomic E-state index is 12.7. The smallest absolute Gasteiger partial charge is 0.255 e. The van der Waals surface area contributed by atoms with Crippen molar-refractivity contribution in [2.75, 3.05) is 6.26 Å². The minimum atomic E-state index is -2.84. The van der Waals surface area contributed by atoms with Crippen LogP contribution in [0.15, 0.2) is 24.9 Å². The molecule has 104 valence electrons. The number of nitriles is 1. The van der Waals surface area contributed by atoms with Crippen molar-refractivity contribution in [3.8, 4) is 6.07 Å². The summed E-state index contributed by atoms with van der Waals surface area (Å²) in [7, 11) is 0. The van der Waals surface area contributed by atoms with E-state index in [0.29, 0.717) is 0 Å². The van der Waals surface area contributed by atoms with Gasteiger partial charge < -0.3 is 0 Å². The molecule has 1 heterocycles. The van der Waals surface area contributed by atoms with Gasteiger partial charge in [-0.2, -0.15) is 25.8 Å². The summed E-state index contributed by atoms with van der Waals surface area (Å²) in [5.41, 5.74) is 0.804. The van der Waals surface area contributed by atoms with Gasteiger partial charge in [0.05, 0.1) is 6.07 Å². The summed E-state index contributed by atoms with van der Waals surface area (Å²) in [5, 5.41) is 7.32. The molecule has 0 spiro atoms. The third-order valence-corrected chi connectivity index (χ3v) is 2.21. The molecule has 3 nitrogen and oxygen atoms in total. The Morgan fingerprint density at radius 2 is 2.00 bits per heavy atom. The fourth-order valence-corrected chi connectivity index (χ4v) is 1.44. The molecular formula is C13H16F2N2OS. The van der Waals surface area contributed by atoms with Gasteiger partial charge in [0, 0.05) is 25.8 Å². The second-order valence-electron chi connectivity index (χ2n) is 3.24. The average Bonchev–Trinajstić information content (AvgIpc) is 2.31. The van der Waals surface area contributed by atoms with Crippen LogP contribution in [0.1, 0.15) is 25.1 Å². The van der Waals surface area contributed by atoms with Crippen molar-refractivity contribution < 1.29 is 13.6 Å². The standard InChI is InChI=1S/C9H11F2NS.C2H3N.C2H2O/c1-9(10,11)8-4-3-7(5-12-8)6-13-2;2*1-2-3/h3-5H,6H2,1-2H3;1H3;1H2. The second kappa shape index (κ2) is 11.4. The van der Waals surface area contributed by atoms with E-state index in [4.69, 9.17) is 10.1 Å². The maximum Gasteiger partial charge on any atom is 0.286 e. The number of alkyl halides is 2. The first-order chi connectivity index (χ1) is 8.87. The van der Waals surface area contributed by atoms with Gasteiger partial charge in [0.25, 0.3) is 5.92 Å². The van der Waals surface area contributed by atoms with E-state index in [9.17, 15) is 8.78 Å². The number of rotatable bonds is 3. The molecule has 6 heteroatoms. The Morgan fingerprint density at radius 1 is 1.53 bits per heavy atom. The Balaban J connectivity index is 0. The fraction of sp³-hybridized carbons (Fsp3) is 0.385. The first kappa shape index (κ1) is 19.6. The third kappa shape index (κ3) is 11.1. The zero-order chi connectivity index (χ0) is 15.3. The van der Waals surface area contributed by atoms with Gasteiger partial charge in [-0.15, -0.1) is 0 Å². The van der Waals surface area contributed by atoms with Crippen molar-refractivity contribution in [3.05, 3.63) is 36.2 Å². The summed E-state index contributed by atoms with van der Waals surface area (Å²) in [6, 6.07) is 4.82. The third-order valence-electron chi connectivity index (χ3n) is 1.59. The molecule has 0 aliphatic heterocycles. The molecule has 19 heavy (non-hydrogen) atoms. The molecule has 0 aliphatic carbocycles. The Kier molecular flexibility index (Phi) is 11.8. The zero-order valence-electron chi connectivity index (χ0n) is 11.1. The Hall–Kier alpha value is -1.70. The number of hydrogen-bond donors (Lipinski definition) is 0. The molecule has 0 fully saturated rings. The zero-order valence-corrected chi connectivity index (χ0v) is 11.9. The molecule has 1 aromatic rings. The molecule has 0 aliphatic rings.